The van der Waals surface area contributed by atoms with Crippen LogP contribution in [0.2, 0.25) is 0 Å². The number of hydrogen-bond acceptors (Lipinski definition) is 4. The molecule has 5 nitrogen and oxygen atoms in total. The molecule has 0 aliphatic heterocycles. The number of aromatic nitrogens is 2. The molecule has 0 aliphatic rings. The van der Waals surface area contributed by atoms with E-state index in [0.29, 0.717) is 5.56 Å². The van der Waals surface area contributed by atoms with Crippen molar-refractivity contribution >= 4 is 5.97 Å². The van der Waals surface area contributed by atoms with Crippen LogP contribution < -0.4 is 4.74 Å². The zero-order chi connectivity index (χ0) is 14.0. The van der Waals surface area contributed by atoms with E-state index in [9.17, 15) is 9.18 Å². The van der Waals surface area contributed by atoms with Crippen LogP contribution in [-0.2, 0) is 0 Å². The summed E-state index contributed by atoms with van der Waals surface area (Å²) in [6.45, 7) is 3.22. The Morgan fingerprint density at radius 2 is 2.05 bits per heavy atom. The van der Waals surface area contributed by atoms with Crippen molar-refractivity contribution in [1.29, 1.82) is 0 Å². The largest absolute Gasteiger partial charge is 0.478 e. The Labute approximate surface area is 108 Å². The molecular weight excluding hydrogens is 251 g/mol. The molecule has 0 saturated heterocycles. The van der Waals surface area contributed by atoms with Crippen molar-refractivity contribution in [2.45, 2.75) is 13.8 Å². The Kier molecular flexibility index (Phi) is 3.41. The van der Waals surface area contributed by atoms with Gasteiger partial charge in [-0.05, 0) is 31.5 Å². The van der Waals surface area contributed by atoms with Crippen LogP contribution in [0.3, 0.4) is 0 Å². The summed E-state index contributed by atoms with van der Waals surface area (Å²) in [5.41, 5.74) is 0.907. The zero-order valence-corrected chi connectivity index (χ0v) is 10.3. The van der Waals surface area contributed by atoms with Gasteiger partial charge in [0.2, 0.25) is 5.82 Å². The molecule has 1 N–H and O–H groups in total. The highest BCUT2D eigenvalue weighted by molar-refractivity contribution is 5.88. The second-order valence-corrected chi connectivity index (χ2v) is 3.97. The molecule has 1 aromatic heterocycles. The van der Waals surface area contributed by atoms with Gasteiger partial charge in [0, 0.05) is 0 Å². The van der Waals surface area contributed by atoms with Gasteiger partial charge in [0.15, 0.2) is 0 Å². The number of carboxylic acid groups (broad SMARTS) is 1. The number of halogens is 1. The molecule has 98 valence electrons. The number of carbonyl (C=O) groups is 1. The first-order chi connectivity index (χ1) is 8.99. The predicted molar refractivity (Wildman–Crippen MR) is 64.9 cm³/mol. The summed E-state index contributed by atoms with van der Waals surface area (Å²) < 4.78 is 19.0. The second kappa shape index (κ2) is 5.01. The zero-order valence-electron chi connectivity index (χ0n) is 10.3. The summed E-state index contributed by atoms with van der Waals surface area (Å²) in [6.07, 6.45) is 1.18. The molecular formula is C13H11FN2O3. The average molecular weight is 262 g/mol. The summed E-state index contributed by atoms with van der Waals surface area (Å²) >= 11 is 0. The van der Waals surface area contributed by atoms with Gasteiger partial charge in [-0.25, -0.2) is 9.78 Å². The average Bonchev–Trinajstić information content (AvgIpc) is 2.37. The minimum atomic E-state index is -1.08. The first-order valence-corrected chi connectivity index (χ1v) is 5.48. The summed E-state index contributed by atoms with van der Waals surface area (Å²) in [7, 11) is 0. The van der Waals surface area contributed by atoms with Gasteiger partial charge in [-0.1, -0.05) is 6.07 Å². The Bertz CT molecular complexity index is 644. The van der Waals surface area contributed by atoms with E-state index in [1.54, 1.807) is 13.0 Å². The van der Waals surface area contributed by atoms with Crippen LogP contribution in [0.1, 0.15) is 21.6 Å². The van der Waals surface area contributed by atoms with Crippen molar-refractivity contribution in [2.75, 3.05) is 0 Å². The third-order valence-corrected chi connectivity index (χ3v) is 2.57. The van der Waals surface area contributed by atoms with Crippen molar-refractivity contribution in [3.05, 3.63) is 47.2 Å². The number of aryl methyl sites for hydroxylation is 2. The quantitative estimate of drug-likeness (QED) is 0.920. The van der Waals surface area contributed by atoms with Crippen LogP contribution in [-0.4, -0.2) is 21.0 Å². The fourth-order valence-electron chi connectivity index (χ4n) is 1.45. The fraction of sp³-hybridized carbons (Fsp3) is 0.154. The van der Waals surface area contributed by atoms with E-state index < -0.39 is 11.8 Å². The van der Waals surface area contributed by atoms with Gasteiger partial charge < -0.3 is 9.84 Å². The standard InChI is InChI=1S/C13H11FN2O3/c1-7-3-4-9(13(17)18)5-10(7)19-12-11(14)8(2)15-6-16-12/h3-6H,1-2H3,(H,17,18). The van der Waals surface area contributed by atoms with Crippen molar-refractivity contribution in [3.8, 4) is 11.6 Å². The number of hydrogen-bond donors (Lipinski definition) is 1. The number of benzene rings is 1. The third-order valence-electron chi connectivity index (χ3n) is 2.57. The first-order valence-electron chi connectivity index (χ1n) is 5.48. The molecule has 1 heterocycles. The van der Waals surface area contributed by atoms with Gasteiger partial charge in [0.05, 0.1) is 11.3 Å². The fourth-order valence-corrected chi connectivity index (χ4v) is 1.45. The smallest absolute Gasteiger partial charge is 0.335 e. The highest BCUT2D eigenvalue weighted by atomic mass is 19.1. The molecule has 0 bridgehead atoms. The molecule has 0 aliphatic carbocycles. The van der Waals surface area contributed by atoms with Gasteiger partial charge in [0.1, 0.15) is 12.1 Å². The summed E-state index contributed by atoms with van der Waals surface area (Å²) in [6, 6.07) is 4.37. The van der Waals surface area contributed by atoms with Crippen LogP contribution in [0.15, 0.2) is 24.5 Å². The molecule has 0 atom stereocenters. The lowest BCUT2D eigenvalue weighted by molar-refractivity contribution is 0.0696. The Morgan fingerprint density at radius 1 is 1.32 bits per heavy atom. The highest BCUT2D eigenvalue weighted by Gasteiger charge is 2.13. The van der Waals surface area contributed by atoms with E-state index in [1.807, 2.05) is 0 Å². The van der Waals surface area contributed by atoms with Crippen LogP contribution in [0.5, 0.6) is 11.6 Å². The SMILES string of the molecule is Cc1ccc(C(=O)O)cc1Oc1ncnc(C)c1F. The van der Waals surface area contributed by atoms with Crippen molar-refractivity contribution in [1.82, 2.24) is 9.97 Å². The van der Waals surface area contributed by atoms with Crippen LogP contribution in [0, 0.1) is 19.7 Å². The summed E-state index contributed by atoms with van der Waals surface area (Å²) in [5, 5.41) is 8.91. The van der Waals surface area contributed by atoms with E-state index in [4.69, 9.17) is 9.84 Å². The van der Waals surface area contributed by atoms with E-state index in [0.717, 1.165) is 0 Å². The van der Waals surface area contributed by atoms with E-state index >= 15 is 0 Å². The topological polar surface area (TPSA) is 72.3 Å². The molecule has 1 aromatic carbocycles. The third kappa shape index (κ3) is 2.67. The van der Waals surface area contributed by atoms with Crippen molar-refractivity contribution < 1.29 is 19.0 Å². The normalized spacial score (nSPS) is 10.3. The second-order valence-electron chi connectivity index (χ2n) is 3.97. The minimum absolute atomic E-state index is 0.0618. The monoisotopic (exact) mass is 262 g/mol. The van der Waals surface area contributed by atoms with Gasteiger partial charge >= 0.3 is 5.97 Å². The van der Waals surface area contributed by atoms with Crippen molar-refractivity contribution in [3.63, 3.8) is 0 Å². The van der Waals surface area contributed by atoms with E-state index in [-0.39, 0.29) is 22.9 Å². The molecule has 2 rings (SSSR count). The van der Waals surface area contributed by atoms with Crippen LogP contribution in [0.25, 0.3) is 0 Å². The Hall–Kier alpha value is -2.50. The summed E-state index contributed by atoms with van der Waals surface area (Å²) in [4.78, 5) is 18.3. The lowest BCUT2D eigenvalue weighted by Gasteiger charge is -2.09. The molecule has 0 saturated carbocycles. The number of aromatic carboxylic acids is 1. The molecule has 0 spiro atoms. The molecule has 0 fully saturated rings. The van der Waals surface area contributed by atoms with Crippen LogP contribution >= 0.6 is 0 Å². The molecule has 19 heavy (non-hydrogen) atoms. The first kappa shape index (κ1) is 12.9. The number of ether oxygens (including phenoxy) is 1. The number of carboxylic acids is 1. The van der Waals surface area contributed by atoms with Gasteiger partial charge in [-0.15, -0.1) is 0 Å². The van der Waals surface area contributed by atoms with Crippen molar-refractivity contribution in [2.24, 2.45) is 0 Å². The Morgan fingerprint density at radius 3 is 2.74 bits per heavy atom. The lowest BCUT2D eigenvalue weighted by Crippen LogP contribution is -2.00. The lowest BCUT2D eigenvalue weighted by atomic mass is 10.1. The molecule has 6 heteroatoms. The minimum Gasteiger partial charge on any atom is -0.478 e. The molecule has 0 amide bonds. The maximum atomic E-state index is 13.7. The maximum Gasteiger partial charge on any atom is 0.335 e. The predicted octanol–water partition coefficient (Wildman–Crippen LogP) is 2.72. The molecule has 0 radical (unpaired) electrons. The van der Waals surface area contributed by atoms with Gasteiger partial charge in [-0.2, -0.15) is 9.37 Å². The number of rotatable bonds is 3. The van der Waals surface area contributed by atoms with Crippen LogP contribution in [0.4, 0.5) is 4.39 Å². The Balaban J connectivity index is 2.40. The summed E-state index contributed by atoms with van der Waals surface area (Å²) in [5.74, 6) is -1.72. The van der Waals surface area contributed by atoms with Gasteiger partial charge in [-0.3, -0.25) is 0 Å². The molecule has 2 aromatic rings. The highest BCUT2D eigenvalue weighted by Crippen LogP contribution is 2.27. The number of nitrogens with zero attached hydrogens (tertiary/aromatic N) is 2. The molecule has 0 unspecified atom stereocenters. The van der Waals surface area contributed by atoms with E-state index in [1.165, 1.54) is 25.4 Å². The van der Waals surface area contributed by atoms with E-state index in [2.05, 4.69) is 9.97 Å². The van der Waals surface area contributed by atoms with Gasteiger partial charge in [0.25, 0.3) is 5.88 Å². The maximum absolute atomic E-state index is 13.7.